The van der Waals surface area contributed by atoms with E-state index < -0.39 is 5.82 Å². The molecule has 0 aliphatic carbocycles. The molecule has 2 aromatic rings. The van der Waals surface area contributed by atoms with E-state index >= 15 is 0 Å². The topological polar surface area (TPSA) is 35.6 Å². The molecule has 2 aromatic carbocycles. The van der Waals surface area contributed by atoms with E-state index in [1.54, 1.807) is 0 Å². The van der Waals surface area contributed by atoms with Crippen molar-refractivity contribution in [2.45, 2.75) is 25.8 Å². The van der Waals surface area contributed by atoms with Crippen molar-refractivity contribution in [2.75, 3.05) is 31.5 Å². The summed E-state index contributed by atoms with van der Waals surface area (Å²) >= 11 is 5.81. The number of carbonyl (C=O) groups excluding carboxylic acids is 1. The second-order valence-corrected chi connectivity index (χ2v) is 8.17. The third-order valence-corrected chi connectivity index (χ3v) is 5.99. The Hall–Kier alpha value is -2.11. The normalized spacial score (nSPS) is 19.9. The van der Waals surface area contributed by atoms with E-state index in [-0.39, 0.29) is 11.1 Å². The van der Waals surface area contributed by atoms with Crippen LogP contribution in [0.15, 0.2) is 42.5 Å². The summed E-state index contributed by atoms with van der Waals surface area (Å²) in [6.07, 6.45) is 3.25. The van der Waals surface area contributed by atoms with Crippen molar-refractivity contribution >= 4 is 23.3 Å². The van der Waals surface area contributed by atoms with Crippen molar-refractivity contribution in [3.8, 4) is 0 Å². The summed E-state index contributed by atoms with van der Waals surface area (Å²) in [4.78, 5) is 17.0. The fraction of sp³-hybridized carbons (Fsp3) is 0.409. The van der Waals surface area contributed by atoms with Gasteiger partial charge in [0.1, 0.15) is 5.82 Å². The fourth-order valence-electron chi connectivity index (χ4n) is 4.25. The van der Waals surface area contributed by atoms with Gasteiger partial charge in [0.25, 0.3) is 0 Å². The highest BCUT2D eigenvalue weighted by molar-refractivity contribution is 6.31. The van der Waals surface area contributed by atoms with Crippen molar-refractivity contribution in [2.24, 2.45) is 5.92 Å². The van der Waals surface area contributed by atoms with Crippen LogP contribution in [0.5, 0.6) is 0 Å². The summed E-state index contributed by atoms with van der Waals surface area (Å²) in [6, 6.07) is 12.8. The number of rotatable bonds is 3. The first-order valence-electron chi connectivity index (χ1n) is 9.88. The number of anilines is 1. The molecule has 4 nitrogen and oxygen atoms in total. The lowest BCUT2D eigenvalue weighted by atomic mass is 9.95. The molecule has 1 atom stereocenters. The summed E-state index contributed by atoms with van der Waals surface area (Å²) in [5.41, 5.74) is 3.40. The van der Waals surface area contributed by atoms with Crippen LogP contribution >= 0.6 is 11.6 Å². The molecule has 6 heteroatoms. The lowest BCUT2D eigenvalue weighted by molar-refractivity contribution is 0.140. The second-order valence-electron chi connectivity index (χ2n) is 7.77. The molecule has 1 saturated heterocycles. The van der Waals surface area contributed by atoms with Crippen LogP contribution < -0.4 is 5.32 Å². The quantitative estimate of drug-likeness (QED) is 0.803. The molecule has 0 spiro atoms. The Morgan fingerprint density at radius 3 is 2.82 bits per heavy atom. The van der Waals surface area contributed by atoms with Crippen molar-refractivity contribution in [1.82, 2.24) is 9.80 Å². The van der Waals surface area contributed by atoms with E-state index in [1.165, 1.54) is 29.3 Å². The molecule has 28 heavy (non-hydrogen) atoms. The standard InChI is InChI=1S/C22H25ClFN3O/c23-20-12-19(7-8-21(20)24)25-22(28)27-10-3-4-16(14-27)13-26-11-9-17-5-1-2-6-18(17)15-26/h1-2,5-8,12,16H,3-4,9-11,13-15H2,(H,25,28)/t16-/m0/s1. The van der Waals surface area contributed by atoms with Gasteiger partial charge in [0.05, 0.1) is 5.02 Å². The first kappa shape index (κ1) is 19.2. The number of hydrogen-bond donors (Lipinski definition) is 1. The van der Waals surface area contributed by atoms with Crippen LogP contribution in [-0.4, -0.2) is 42.0 Å². The number of piperidine rings is 1. The number of likely N-dealkylation sites (tertiary alicyclic amines) is 1. The highest BCUT2D eigenvalue weighted by Crippen LogP contribution is 2.24. The predicted molar refractivity (Wildman–Crippen MR) is 110 cm³/mol. The van der Waals surface area contributed by atoms with Crippen LogP contribution in [0.3, 0.4) is 0 Å². The van der Waals surface area contributed by atoms with Gasteiger partial charge in [-0.2, -0.15) is 0 Å². The van der Waals surface area contributed by atoms with Crippen LogP contribution in [0.4, 0.5) is 14.9 Å². The SMILES string of the molecule is O=C(Nc1ccc(F)c(Cl)c1)N1CCC[C@@H](CN2CCc3ccccc3C2)C1. The van der Waals surface area contributed by atoms with Gasteiger partial charge in [-0.1, -0.05) is 35.9 Å². The minimum atomic E-state index is -0.485. The molecule has 0 saturated carbocycles. The van der Waals surface area contributed by atoms with Crippen molar-refractivity contribution in [1.29, 1.82) is 0 Å². The maximum Gasteiger partial charge on any atom is 0.321 e. The molecule has 4 rings (SSSR count). The summed E-state index contributed by atoms with van der Waals surface area (Å²) in [6.45, 7) is 4.58. The minimum absolute atomic E-state index is 0.0136. The Bertz CT molecular complexity index is 859. The molecule has 0 aromatic heterocycles. The van der Waals surface area contributed by atoms with Gasteiger partial charge in [-0.3, -0.25) is 4.90 Å². The number of urea groups is 1. The monoisotopic (exact) mass is 401 g/mol. The van der Waals surface area contributed by atoms with Gasteiger partial charge < -0.3 is 10.2 Å². The van der Waals surface area contributed by atoms with Crippen LogP contribution in [-0.2, 0) is 13.0 Å². The average Bonchev–Trinajstić information content (AvgIpc) is 2.71. The number of benzene rings is 2. The minimum Gasteiger partial charge on any atom is -0.324 e. The zero-order valence-corrected chi connectivity index (χ0v) is 16.6. The van der Waals surface area contributed by atoms with Crippen LogP contribution in [0.1, 0.15) is 24.0 Å². The molecular formula is C22H25ClFN3O. The van der Waals surface area contributed by atoms with Gasteiger partial charge in [-0.05, 0) is 54.5 Å². The molecule has 0 radical (unpaired) electrons. The van der Waals surface area contributed by atoms with Gasteiger partial charge in [-0.25, -0.2) is 9.18 Å². The Kier molecular flexibility index (Phi) is 5.83. The number of carbonyl (C=O) groups is 1. The molecule has 1 fully saturated rings. The number of halogens is 2. The van der Waals surface area contributed by atoms with Crippen LogP contribution in [0.25, 0.3) is 0 Å². The molecule has 2 aliphatic heterocycles. The first-order chi connectivity index (χ1) is 13.6. The van der Waals surface area contributed by atoms with Crippen molar-refractivity contribution in [3.05, 3.63) is 64.4 Å². The summed E-state index contributed by atoms with van der Waals surface area (Å²) in [7, 11) is 0. The highest BCUT2D eigenvalue weighted by atomic mass is 35.5. The number of nitrogens with zero attached hydrogens (tertiary/aromatic N) is 2. The van der Waals surface area contributed by atoms with E-state index in [0.717, 1.165) is 52.0 Å². The summed E-state index contributed by atoms with van der Waals surface area (Å²) < 4.78 is 13.3. The molecule has 1 N–H and O–H groups in total. The van der Waals surface area contributed by atoms with Gasteiger partial charge in [0, 0.05) is 38.4 Å². The lowest BCUT2D eigenvalue weighted by Crippen LogP contribution is -2.46. The maximum atomic E-state index is 13.3. The smallest absolute Gasteiger partial charge is 0.321 e. The highest BCUT2D eigenvalue weighted by Gasteiger charge is 2.26. The van der Waals surface area contributed by atoms with E-state index in [2.05, 4.69) is 34.5 Å². The number of fused-ring (bicyclic) bond motifs is 1. The first-order valence-corrected chi connectivity index (χ1v) is 10.3. The van der Waals surface area contributed by atoms with Crippen LogP contribution in [0, 0.1) is 11.7 Å². The Morgan fingerprint density at radius 2 is 2.00 bits per heavy atom. The summed E-state index contributed by atoms with van der Waals surface area (Å²) in [5, 5.41) is 2.85. The molecule has 0 bridgehead atoms. The van der Waals surface area contributed by atoms with Gasteiger partial charge in [-0.15, -0.1) is 0 Å². The van der Waals surface area contributed by atoms with Gasteiger partial charge in [0.2, 0.25) is 0 Å². The zero-order chi connectivity index (χ0) is 19.5. The largest absolute Gasteiger partial charge is 0.324 e. The van der Waals surface area contributed by atoms with Gasteiger partial charge >= 0.3 is 6.03 Å². The maximum absolute atomic E-state index is 13.3. The summed E-state index contributed by atoms with van der Waals surface area (Å²) in [5.74, 6) is -0.0117. The number of amides is 2. The van der Waals surface area contributed by atoms with Crippen molar-refractivity contribution < 1.29 is 9.18 Å². The third-order valence-electron chi connectivity index (χ3n) is 5.70. The zero-order valence-electron chi connectivity index (χ0n) is 15.8. The third kappa shape index (κ3) is 4.47. The van der Waals surface area contributed by atoms with E-state index in [4.69, 9.17) is 11.6 Å². The van der Waals surface area contributed by atoms with Gasteiger partial charge in [0.15, 0.2) is 0 Å². The predicted octanol–water partition coefficient (Wildman–Crippen LogP) is 4.78. The molecule has 148 valence electrons. The van der Waals surface area contributed by atoms with Crippen molar-refractivity contribution in [3.63, 3.8) is 0 Å². The Labute approximate surface area is 170 Å². The molecule has 2 aliphatic rings. The average molecular weight is 402 g/mol. The second kappa shape index (κ2) is 8.50. The number of nitrogens with one attached hydrogen (secondary N) is 1. The fourth-order valence-corrected chi connectivity index (χ4v) is 4.43. The molecular weight excluding hydrogens is 377 g/mol. The number of hydrogen-bond acceptors (Lipinski definition) is 2. The molecule has 2 heterocycles. The van der Waals surface area contributed by atoms with E-state index in [9.17, 15) is 9.18 Å². The van der Waals surface area contributed by atoms with Crippen LogP contribution in [0.2, 0.25) is 5.02 Å². The Morgan fingerprint density at radius 1 is 1.18 bits per heavy atom. The Balaban J connectivity index is 1.33. The van der Waals surface area contributed by atoms with E-state index in [0.29, 0.717) is 11.6 Å². The molecule has 2 amide bonds. The molecule has 0 unspecified atom stereocenters. The van der Waals surface area contributed by atoms with E-state index in [1.807, 2.05) is 4.90 Å². The lowest BCUT2D eigenvalue weighted by Gasteiger charge is -2.37.